The van der Waals surface area contributed by atoms with Crippen LogP contribution in [0.3, 0.4) is 0 Å². The van der Waals surface area contributed by atoms with Gasteiger partial charge in [0.2, 0.25) is 5.91 Å². The molecule has 6 heteroatoms. The second-order valence-corrected chi connectivity index (χ2v) is 6.21. The highest BCUT2D eigenvalue weighted by Gasteiger charge is 2.25. The van der Waals surface area contributed by atoms with Gasteiger partial charge in [-0.05, 0) is 43.5 Å². The number of hydrogen-bond acceptors (Lipinski definition) is 4. The van der Waals surface area contributed by atoms with Crippen LogP contribution in [0.4, 0.5) is 5.69 Å². The van der Waals surface area contributed by atoms with Gasteiger partial charge in [0.1, 0.15) is 5.75 Å². The molecule has 6 nitrogen and oxygen atoms in total. The number of rotatable bonds is 5. The van der Waals surface area contributed by atoms with Gasteiger partial charge in [0.25, 0.3) is 5.91 Å². The maximum atomic E-state index is 12.2. The van der Waals surface area contributed by atoms with E-state index in [2.05, 4.69) is 5.32 Å². The van der Waals surface area contributed by atoms with Gasteiger partial charge in [-0.25, -0.2) is 0 Å². The molecule has 23 heavy (non-hydrogen) atoms. The lowest BCUT2D eigenvalue weighted by atomic mass is 9.85. The molecule has 1 fully saturated rings. The Labute approximate surface area is 137 Å². The molecule has 0 heterocycles. The number of nitrogens with one attached hydrogen (secondary N) is 1. The number of hydrogen-bond donors (Lipinski definition) is 2. The smallest absolute Gasteiger partial charge is 0.259 e. The number of carbonyl (C=O) groups is 2. The van der Waals surface area contributed by atoms with E-state index in [1.807, 2.05) is 0 Å². The molecule has 2 atom stereocenters. The van der Waals surface area contributed by atoms with E-state index in [1.165, 1.54) is 4.90 Å². The van der Waals surface area contributed by atoms with E-state index in [-0.39, 0.29) is 30.4 Å². The summed E-state index contributed by atoms with van der Waals surface area (Å²) < 4.78 is 5.40. The van der Waals surface area contributed by atoms with Crippen LogP contribution in [0, 0.1) is 5.92 Å². The molecule has 2 rings (SSSR count). The normalized spacial score (nSPS) is 20.7. The van der Waals surface area contributed by atoms with E-state index in [1.54, 1.807) is 38.4 Å². The average molecular weight is 319 g/mol. The molecule has 0 aliphatic heterocycles. The number of carbonyl (C=O) groups excluding carboxylic acids is 2. The zero-order valence-electron chi connectivity index (χ0n) is 13.7. The first-order chi connectivity index (χ1) is 11.0. The van der Waals surface area contributed by atoms with E-state index < -0.39 is 0 Å². The predicted molar refractivity (Wildman–Crippen MR) is 89.2 cm³/mol. The van der Waals surface area contributed by atoms with E-state index in [9.17, 15) is 9.59 Å². The van der Waals surface area contributed by atoms with Crippen LogP contribution in [0.2, 0.25) is 0 Å². The third-order valence-corrected chi connectivity index (χ3v) is 4.07. The summed E-state index contributed by atoms with van der Waals surface area (Å²) in [5.74, 6) is 0.512. The standard InChI is InChI=1S/C17H25N3O3/c1-20(2)16(21)11-23-15-8-6-14(7-9-15)19-17(22)12-4-3-5-13(18)10-12/h6-9,12-13H,3-5,10-11,18H2,1-2H3,(H,19,22). The van der Waals surface area contributed by atoms with Crippen molar-refractivity contribution >= 4 is 17.5 Å². The molecular formula is C17H25N3O3. The first kappa shape index (κ1) is 17.3. The maximum absolute atomic E-state index is 12.2. The van der Waals surface area contributed by atoms with Crippen molar-refractivity contribution in [2.24, 2.45) is 11.7 Å². The van der Waals surface area contributed by atoms with Crippen LogP contribution in [0.5, 0.6) is 5.75 Å². The summed E-state index contributed by atoms with van der Waals surface area (Å²) in [6.07, 6.45) is 3.65. The molecule has 1 aromatic carbocycles. The van der Waals surface area contributed by atoms with E-state index in [0.29, 0.717) is 5.75 Å². The Morgan fingerprint density at radius 2 is 1.96 bits per heavy atom. The number of likely N-dealkylation sites (N-methyl/N-ethyl adjacent to an activating group) is 1. The molecule has 3 N–H and O–H groups in total. The minimum absolute atomic E-state index is 0.00132. The summed E-state index contributed by atoms with van der Waals surface area (Å²) in [4.78, 5) is 25.2. The highest BCUT2D eigenvalue weighted by molar-refractivity contribution is 5.92. The Morgan fingerprint density at radius 3 is 2.57 bits per heavy atom. The Balaban J connectivity index is 1.84. The van der Waals surface area contributed by atoms with Crippen molar-refractivity contribution in [3.05, 3.63) is 24.3 Å². The number of nitrogens with zero attached hydrogens (tertiary/aromatic N) is 1. The predicted octanol–water partition coefficient (Wildman–Crippen LogP) is 1.61. The fourth-order valence-electron chi connectivity index (χ4n) is 2.62. The largest absolute Gasteiger partial charge is 0.484 e. The van der Waals surface area contributed by atoms with E-state index in [4.69, 9.17) is 10.5 Å². The summed E-state index contributed by atoms with van der Waals surface area (Å²) in [5.41, 5.74) is 6.65. The Kier molecular flexibility index (Phi) is 5.98. The SMILES string of the molecule is CN(C)C(=O)COc1ccc(NC(=O)C2CCCC(N)C2)cc1. The maximum Gasteiger partial charge on any atom is 0.259 e. The lowest BCUT2D eigenvalue weighted by Crippen LogP contribution is -2.34. The molecule has 0 aromatic heterocycles. The minimum atomic E-state index is -0.101. The summed E-state index contributed by atoms with van der Waals surface area (Å²) in [6, 6.07) is 7.16. The number of ether oxygens (including phenoxy) is 1. The van der Waals surface area contributed by atoms with Gasteiger partial charge in [0, 0.05) is 31.7 Å². The Bertz CT molecular complexity index is 543. The van der Waals surface area contributed by atoms with Crippen molar-refractivity contribution in [2.75, 3.05) is 26.0 Å². The number of amides is 2. The third-order valence-electron chi connectivity index (χ3n) is 4.07. The van der Waals surface area contributed by atoms with Crippen LogP contribution in [0.15, 0.2) is 24.3 Å². The second kappa shape index (κ2) is 7.97. The lowest BCUT2D eigenvalue weighted by Gasteiger charge is -2.25. The Hall–Kier alpha value is -2.08. The molecule has 0 bridgehead atoms. The van der Waals surface area contributed by atoms with Crippen LogP contribution < -0.4 is 15.8 Å². The molecule has 1 aromatic rings. The monoisotopic (exact) mass is 319 g/mol. The molecule has 2 unspecified atom stereocenters. The second-order valence-electron chi connectivity index (χ2n) is 6.21. The first-order valence-electron chi connectivity index (χ1n) is 7.95. The minimum Gasteiger partial charge on any atom is -0.484 e. The van der Waals surface area contributed by atoms with E-state index >= 15 is 0 Å². The quantitative estimate of drug-likeness (QED) is 0.863. The molecule has 1 saturated carbocycles. The fourth-order valence-corrected chi connectivity index (χ4v) is 2.62. The number of nitrogens with two attached hydrogens (primary N) is 1. The molecule has 0 radical (unpaired) electrons. The van der Waals surface area contributed by atoms with Gasteiger partial charge in [0.05, 0.1) is 0 Å². The molecular weight excluding hydrogens is 294 g/mol. The average Bonchev–Trinajstić information content (AvgIpc) is 2.53. The Morgan fingerprint density at radius 1 is 1.26 bits per heavy atom. The number of anilines is 1. The molecule has 126 valence electrons. The van der Waals surface area contributed by atoms with Crippen LogP contribution in [-0.2, 0) is 9.59 Å². The van der Waals surface area contributed by atoms with Gasteiger partial charge < -0.3 is 20.7 Å². The zero-order chi connectivity index (χ0) is 16.8. The van der Waals surface area contributed by atoms with Crippen LogP contribution in [-0.4, -0.2) is 43.5 Å². The first-order valence-corrected chi connectivity index (χ1v) is 7.95. The van der Waals surface area contributed by atoms with E-state index in [0.717, 1.165) is 31.4 Å². The van der Waals surface area contributed by atoms with Gasteiger partial charge in [-0.15, -0.1) is 0 Å². The third kappa shape index (κ3) is 5.25. The van der Waals surface area contributed by atoms with Gasteiger partial charge in [-0.3, -0.25) is 9.59 Å². The van der Waals surface area contributed by atoms with Gasteiger partial charge in [-0.1, -0.05) is 6.42 Å². The fraction of sp³-hybridized carbons (Fsp3) is 0.529. The summed E-state index contributed by atoms with van der Waals surface area (Å²) in [7, 11) is 3.36. The van der Waals surface area contributed by atoms with Crippen molar-refractivity contribution in [2.45, 2.75) is 31.7 Å². The van der Waals surface area contributed by atoms with Crippen LogP contribution in [0.1, 0.15) is 25.7 Å². The lowest BCUT2D eigenvalue weighted by molar-refractivity contribution is -0.130. The van der Waals surface area contributed by atoms with Crippen molar-refractivity contribution in [3.8, 4) is 5.75 Å². The molecule has 1 aliphatic carbocycles. The summed E-state index contributed by atoms with van der Waals surface area (Å²) in [5, 5.41) is 2.92. The topological polar surface area (TPSA) is 84.7 Å². The van der Waals surface area contributed by atoms with Gasteiger partial charge >= 0.3 is 0 Å². The molecule has 1 aliphatic rings. The molecule has 0 spiro atoms. The van der Waals surface area contributed by atoms with Gasteiger partial charge in [-0.2, -0.15) is 0 Å². The molecule has 0 saturated heterocycles. The van der Waals surface area contributed by atoms with Crippen molar-refractivity contribution < 1.29 is 14.3 Å². The molecule has 2 amide bonds. The van der Waals surface area contributed by atoms with Crippen LogP contribution in [0.25, 0.3) is 0 Å². The summed E-state index contributed by atoms with van der Waals surface area (Å²) >= 11 is 0. The highest BCUT2D eigenvalue weighted by atomic mass is 16.5. The van der Waals surface area contributed by atoms with Crippen molar-refractivity contribution in [3.63, 3.8) is 0 Å². The van der Waals surface area contributed by atoms with Crippen molar-refractivity contribution in [1.82, 2.24) is 4.90 Å². The van der Waals surface area contributed by atoms with Crippen LogP contribution >= 0.6 is 0 Å². The van der Waals surface area contributed by atoms with Crippen molar-refractivity contribution in [1.29, 1.82) is 0 Å². The number of benzene rings is 1. The van der Waals surface area contributed by atoms with Gasteiger partial charge in [0.15, 0.2) is 6.61 Å². The zero-order valence-corrected chi connectivity index (χ0v) is 13.7. The summed E-state index contributed by atoms with van der Waals surface area (Å²) in [6.45, 7) is -0.00132. The highest BCUT2D eigenvalue weighted by Crippen LogP contribution is 2.25.